The molecule has 2 N–H and O–H groups in total. The van der Waals surface area contributed by atoms with E-state index in [1.807, 2.05) is 50.2 Å². The molecule has 0 amide bonds. The summed E-state index contributed by atoms with van der Waals surface area (Å²) in [5.41, 5.74) is 8.59. The first-order valence-corrected chi connectivity index (χ1v) is 7.45. The van der Waals surface area contributed by atoms with Crippen LogP contribution >= 0.6 is 11.6 Å². The summed E-state index contributed by atoms with van der Waals surface area (Å²) in [7, 11) is 0. The van der Waals surface area contributed by atoms with Crippen molar-refractivity contribution in [3.63, 3.8) is 0 Å². The summed E-state index contributed by atoms with van der Waals surface area (Å²) < 4.78 is 11.2. The maximum Gasteiger partial charge on any atom is 0.161 e. The molecule has 0 aliphatic heterocycles. The van der Waals surface area contributed by atoms with Crippen molar-refractivity contribution < 1.29 is 9.47 Å². The smallest absolute Gasteiger partial charge is 0.161 e. The van der Waals surface area contributed by atoms with Gasteiger partial charge in [0.2, 0.25) is 0 Å². The van der Waals surface area contributed by atoms with E-state index in [4.69, 9.17) is 26.8 Å². The second-order valence-corrected chi connectivity index (χ2v) is 4.95. The maximum absolute atomic E-state index is 6.35. The second-order valence-electron chi connectivity index (χ2n) is 4.55. The van der Waals surface area contributed by atoms with Crippen molar-refractivity contribution in [2.24, 2.45) is 5.73 Å². The quantitative estimate of drug-likeness (QED) is 0.867. The van der Waals surface area contributed by atoms with Crippen molar-refractivity contribution in [1.29, 1.82) is 0 Å². The number of benzene rings is 2. The van der Waals surface area contributed by atoms with Gasteiger partial charge in [-0.05, 0) is 43.2 Å². The van der Waals surface area contributed by atoms with E-state index in [0.29, 0.717) is 24.8 Å². The van der Waals surface area contributed by atoms with Crippen molar-refractivity contribution in [2.45, 2.75) is 20.4 Å². The number of halogens is 1. The zero-order valence-corrected chi connectivity index (χ0v) is 13.1. The molecule has 0 atom stereocenters. The van der Waals surface area contributed by atoms with Gasteiger partial charge in [-0.1, -0.05) is 29.8 Å². The molecular weight excluding hydrogens is 286 g/mol. The minimum Gasteiger partial charge on any atom is -0.490 e. The van der Waals surface area contributed by atoms with Crippen LogP contribution in [0.4, 0.5) is 0 Å². The molecule has 2 aromatic rings. The van der Waals surface area contributed by atoms with Gasteiger partial charge in [0, 0.05) is 17.1 Å². The van der Waals surface area contributed by atoms with Crippen molar-refractivity contribution in [3.8, 4) is 22.6 Å². The molecule has 4 heteroatoms. The molecule has 2 aromatic carbocycles. The van der Waals surface area contributed by atoms with Gasteiger partial charge < -0.3 is 15.2 Å². The first-order valence-electron chi connectivity index (χ1n) is 7.08. The van der Waals surface area contributed by atoms with Crippen LogP contribution < -0.4 is 15.2 Å². The van der Waals surface area contributed by atoms with Crippen LogP contribution in [0.25, 0.3) is 11.1 Å². The molecule has 0 unspecified atom stereocenters. The van der Waals surface area contributed by atoms with Gasteiger partial charge in [0.25, 0.3) is 0 Å². The predicted molar refractivity (Wildman–Crippen MR) is 87.1 cm³/mol. The fourth-order valence-electron chi connectivity index (χ4n) is 2.14. The van der Waals surface area contributed by atoms with E-state index >= 15 is 0 Å². The van der Waals surface area contributed by atoms with Crippen LogP contribution in [0.5, 0.6) is 11.5 Å². The Kier molecular flexibility index (Phi) is 5.48. The van der Waals surface area contributed by atoms with Gasteiger partial charge in [0.15, 0.2) is 11.5 Å². The first kappa shape index (κ1) is 15.7. The summed E-state index contributed by atoms with van der Waals surface area (Å²) in [4.78, 5) is 0. The fourth-order valence-corrected chi connectivity index (χ4v) is 2.45. The Labute approximate surface area is 130 Å². The van der Waals surface area contributed by atoms with Gasteiger partial charge in [-0.25, -0.2) is 0 Å². The fraction of sp³-hybridized carbons (Fsp3) is 0.294. The minimum atomic E-state index is 0.480. The first-order chi connectivity index (χ1) is 10.2. The highest BCUT2D eigenvalue weighted by atomic mass is 35.5. The zero-order valence-electron chi connectivity index (χ0n) is 12.4. The topological polar surface area (TPSA) is 44.5 Å². The van der Waals surface area contributed by atoms with Crippen LogP contribution in [0.2, 0.25) is 5.02 Å². The lowest BCUT2D eigenvalue weighted by Crippen LogP contribution is -1.99. The van der Waals surface area contributed by atoms with Gasteiger partial charge in [0.05, 0.1) is 13.2 Å². The van der Waals surface area contributed by atoms with Crippen LogP contribution in [-0.4, -0.2) is 13.2 Å². The summed E-state index contributed by atoms with van der Waals surface area (Å²) in [6, 6.07) is 11.7. The van der Waals surface area contributed by atoms with E-state index in [9.17, 15) is 0 Å². The molecule has 0 aliphatic carbocycles. The Hall–Kier alpha value is -1.71. The van der Waals surface area contributed by atoms with Gasteiger partial charge in [-0.2, -0.15) is 0 Å². The Morgan fingerprint density at radius 2 is 1.67 bits per heavy atom. The van der Waals surface area contributed by atoms with Gasteiger partial charge in [-0.3, -0.25) is 0 Å². The standard InChI is InChI=1S/C17H20ClNO2/c1-3-20-16-8-6-13(10-17(16)21-4-2)14-7-5-12(11-19)9-15(14)18/h5-10H,3-4,11,19H2,1-2H3. The number of nitrogens with two attached hydrogens (primary N) is 1. The normalized spacial score (nSPS) is 10.5. The third-order valence-corrected chi connectivity index (χ3v) is 3.44. The van der Waals surface area contributed by atoms with E-state index in [1.165, 1.54) is 0 Å². The number of ether oxygens (including phenoxy) is 2. The molecule has 0 spiro atoms. The highest BCUT2D eigenvalue weighted by molar-refractivity contribution is 6.33. The maximum atomic E-state index is 6.35. The van der Waals surface area contributed by atoms with Crippen LogP contribution in [0.1, 0.15) is 19.4 Å². The summed E-state index contributed by atoms with van der Waals surface area (Å²) in [5, 5.41) is 0.685. The number of hydrogen-bond acceptors (Lipinski definition) is 3. The third-order valence-electron chi connectivity index (χ3n) is 3.12. The SMILES string of the molecule is CCOc1ccc(-c2ccc(CN)cc2Cl)cc1OCC. The molecule has 112 valence electrons. The molecule has 21 heavy (non-hydrogen) atoms. The molecule has 0 aromatic heterocycles. The summed E-state index contributed by atoms with van der Waals surface area (Å²) in [6.07, 6.45) is 0. The van der Waals surface area contributed by atoms with E-state index in [0.717, 1.165) is 28.2 Å². The zero-order chi connectivity index (χ0) is 15.2. The van der Waals surface area contributed by atoms with Crippen molar-refractivity contribution in [3.05, 3.63) is 47.0 Å². The Balaban J connectivity index is 2.42. The van der Waals surface area contributed by atoms with E-state index in [-0.39, 0.29) is 0 Å². The average Bonchev–Trinajstić information content (AvgIpc) is 2.49. The lowest BCUT2D eigenvalue weighted by Gasteiger charge is -2.13. The highest BCUT2D eigenvalue weighted by Crippen LogP contribution is 2.35. The van der Waals surface area contributed by atoms with Gasteiger partial charge in [-0.15, -0.1) is 0 Å². The highest BCUT2D eigenvalue weighted by Gasteiger charge is 2.10. The Bertz CT molecular complexity index is 614. The van der Waals surface area contributed by atoms with Crippen molar-refractivity contribution >= 4 is 11.6 Å². The van der Waals surface area contributed by atoms with E-state index in [2.05, 4.69) is 0 Å². The second kappa shape index (κ2) is 7.34. The molecular formula is C17H20ClNO2. The average molecular weight is 306 g/mol. The van der Waals surface area contributed by atoms with Crippen LogP contribution in [-0.2, 0) is 6.54 Å². The van der Waals surface area contributed by atoms with E-state index < -0.39 is 0 Å². The van der Waals surface area contributed by atoms with Gasteiger partial charge in [0.1, 0.15) is 0 Å². The molecule has 0 fully saturated rings. The largest absolute Gasteiger partial charge is 0.490 e. The van der Waals surface area contributed by atoms with Crippen LogP contribution in [0.3, 0.4) is 0 Å². The van der Waals surface area contributed by atoms with Crippen molar-refractivity contribution in [2.75, 3.05) is 13.2 Å². The molecule has 0 aliphatic rings. The van der Waals surface area contributed by atoms with Crippen LogP contribution in [0.15, 0.2) is 36.4 Å². The number of rotatable bonds is 6. The molecule has 0 heterocycles. The Morgan fingerprint density at radius 3 is 2.29 bits per heavy atom. The molecule has 0 radical (unpaired) electrons. The summed E-state index contributed by atoms with van der Waals surface area (Å²) in [6.45, 7) is 5.57. The van der Waals surface area contributed by atoms with E-state index in [1.54, 1.807) is 0 Å². The lowest BCUT2D eigenvalue weighted by atomic mass is 10.0. The molecule has 0 bridgehead atoms. The number of hydrogen-bond donors (Lipinski definition) is 1. The monoisotopic (exact) mass is 305 g/mol. The third kappa shape index (κ3) is 3.69. The minimum absolute atomic E-state index is 0.480. The molecule has 3 nitrogen and oxygen atoms in total. The lowest BCUT2D eigenvalue weighted by molar-refractivity contribution is 0.288. The predicted octanol–water partition coefficient (Wildman–Crippen LogP) is 4.26. The summed E-state index contributed by atoms with van der Waals surface area (Å²) >= 11 is 6.35. The van der Waals surface area contributed by atoms with Crippen LogP contribution in [0, 0.1) is 0 Å². The molecule has 0 saturated carbocycles. The van der Waals surface area contributed by atoms with Crippen molar-refractivity contribution in [1.82, 2.24) is 0 Å². The molecule has 0 saturated heterocycles. The Morgan fingerprint density at radius 1 is 0.952 bits per heavy atom. The van der Waals surface area contributed by atoms with Gasteiger partial charge >= 0.3 is 0 Å². The molecule has 2 rings (SSSR count). The summed E-state index contributed by atoms with van der Waals surface area (Å²) in [5.74, 6) is 1.48.